The Labute approximate surface area is 121 Å². The van der Waals surface area contributed by atoms with Crippen LogP contribution in [-0.4, -0.2) is 24.0 Å². The van der Waals surface area contributed by atoms with Crippen molar-refractivity contribution in [1.82, 2.24) is 10.3 Å². The SMILES string of the molecule is COC(=O)c1cccc(C2NC(=O)c3ccccc3N2)n1. The molecule has 2 heterocycles. The number of methoxy groups -OCH3 is 1. The molecule has 2 N–H and O–H groups in total. The van der Waals surface area contributed by atoms with E-state index in [4.69, 9.17) is 0 Å². The van der Waals surface area contributed by atoms with Crippen molar-refractivity contribution in [3.63, 3.8) is 0 Å². The van der Waals surface area contributed by atoms with Gasteiger partial charge < -0.3 is 15.4 Å². The summed E-state index contributed by atoms with van der Waals surface area (Å²) in [5.41, 5.74) is 2.06. The summed E-state index contributed by atoms with van der Waals surface area (Å²) >= 11 is 0. The molecule has 0 saturated carbocycles. The molecule has 0 aliphatic carbocycles. The molecule has 2 aromatic rings. The minimum atomic E-state index is -0.514. The molecule has 1 amide bonds. The van der Waals surface area contributed by atoms with Crippen LogP contribution in [0.1, 0.15) is 32.7 Å². The van der Waals surface area contributed by atoms with Crippen LogP contribution in [0.2, 0.25) is 0 Å². The Morgan fingerprint density at radius 1 is 1.14 bits per heavy atom. The number of hydrogen-bond acceptors (Lipinski definition) is 5. The third-order valence-electron chi connectivity index (χ3n) is 3.21. The molecule has 1 aromatic heterocycles. The molecule has 0 fully saturated rings. The van der Waals surface area contributed by atoms with Gasteiger partial charge in [0, 0.05) is 5.69 Å². The van der Waals surface area contributed by atoms with Crippen molar-refractivity contribution in [3.8, 4) is 0 Å². The zero-order valence-electron chi connectivity index (χ0n) is 11.3. The summed E-state index contributed by atoms with van der Waals surface area (Å²) in [6.07, 6.45) is -0.489. The van der Waals surface area contributed by atoms with E-state index in [0.717, 1.165) is 5.69 Å². The fraction of sp³-hybridized carbons (Fsp3) is 0.133. The first kappa shape index (κ1) is 13.1. The van der Waals surface area contributed by atoms with E-state index in [1.54, 1.807) is 30.3 Å². The second-order valence-corrected chi connectivity index (χ2v) is 4.54. The number of carbonyl (C=O) groups excluding carboxylic acids is 2. The van der Waals surface area contributed by atoms with Gasteiger partial charge in [-0.1, -0.05) is 18.2 Å². The molecule has 0 radical (unpaired) electrons. The third-order valence-corrected chi connectivity index (χ3v) is 3.21. The van der Waals surface area contributed by atoms with Gasteiger partial charge in [-0.15, -0.1) is 0 Å². The van der Waals surface area contributed by atoms with Crippen LogP contribution in [0.3, 0.4) is 0 Å². The molecule has 1 aromatic carbocycles. The van der Waals surface area contributed by atoms with E-state index in [1.165, 1.54) is 7.11 Å². The lowest BCUT2D eigenvalue weighted by Crippen LogP contribution is -2.39. The summed E-state index contributed by atoms with van der Waals surface area (Å²) < 4.78 is 4.65. The number of benzene rings is 1. The van der Waals surface area contributed by atoms with Crippen LogP contribution >= 0.6 is 0 Å². The Kier molecular flexibility index (Phi) is 3.27. The van der Waals surface area contributed by atoms with Gasteiger partial charge >= 0.3 is 5.97 Å². The van der Waals surface area contributed by atoms with Gasteiger partial charge in [0.1, 0.15) is 11.9 Å². The highest BCUT2D eigenvalue weighted by atomic mass is 16.5. The monoisotopic (exact) mass is 283 g/mol. The minimum Gasteiger partial charge on any atom is -0.464 e. The molecule has 3 rings (SSSR count). The number of rotatable bonds is 2. The summed E-state index contributed by atoms with van der Waals surface area (Å²) in [6, 6.07) is 12.2. The molecule has 21 heavy (non-hydrogen) atoms. The third kappa shape index (κ3) is 2.43. The topological polar surface area (TPSA) is 80.3 Å². The van der Waals surface area contributed by atoms with E-state index in [1.807, 2.05) is 12.1 Å². The van der Waals surface area contributed by atoms with Crippen LogP contribution < -0.4 is 10.6 Å². The second-order valence-electron chi connectivity index (χ2n) is 4.54. The molecular weight excluding hydrogens is 270 g/mol. The molecule has 0 saturated heterocycles. The molecule has 1 aliphatic heterocycles. The fourth-order valence-electron chi connectivity index (χ4n) is 2.19. The Morgan fingerprint density at radius 2 is 1.95 bits per heavy atom. The molecule has 6 heteroatoms. The van der Waals surface area contributed by atoms with E-state index < -0.39 is 12.1 Å². The van der Waals surface area contributed by atoms with Crippen LogP contribution in [-0.2, 0) is 4.74 Å². The number of aromatic nitrogens is 1. The highest BCUT2D eigenvalue weighted by Gasteiger charge is 2.25. The maximum atomic E-state index is 12.1. The largest absolute Gasteiger partial charge is 0.464 e. The van der Waals surface area contributed by atoms with Crippen molar-refractivity contribution < 1.29 is 14.3 Å². The summed E-state index contributed by atoms with van der Waals surface area (Å²) in [5, 5.41) is 5.99. The zero-order chi connectivity index (χ0) is 14.8. The second kappa shape index (κ2) is 5.24. The molecule has 1 aliphatic rings. The predicted octanol–water partition coefficient (Wildman–Crippen LogP) is 1.72. The molecule has 1 unspecified atom stereocenters. The normalized spacial score (nSPS) is 16.4. The molecule has 0 spiro atoms. The standard InChI is InChI=1S/C15H13N3O3/c1-21-15(20)12-8-4-7-11(16-12)13-17-10-6-3-2-5-9(10)14(19)18-13/h2-8,13,17H,1H3,(H,18,19). The van der Waals surface area contributed by atoms with Crippen molar-refractivity contribution in [2.24, 2.45) is 0 Å². The smallest absolute Gasteiger partial charge is 0.356 e. The van der Waals surface area contributed by atoms with Gasteiger partial charge in [0.05, 0.1) is 18.4 Å². The zero-order valence-corrected chi connectivity index (χ0v) is 11.3. The summed E-state index contributed by atoms with van der Waals surface area (Å²) in [4.78, 5) is 27.8. The molecule has 106 valence electrons. The summed E-state index contributed by atoms with van der Waals surface area (Å²) in [7, 11) is 1.30. The average molecular weight is 283 g/mol. The number of pyridine rings is 1. The quantitative estimate of drug-likeness (QED) is 0.820. The molecular formula is C15H13N3O3. The van der Waals surface area contributed by atoms with Gasteiger partial charge in [0.2, 0.25) is 0 Å². The number of carbonyl (C=O) groups is 2. The van der Waals surface area contributed by atoms with Gasteiger partial charge in [-0.25, -0.2) is 9.78 Å². The van der Waals surface area contributed by atoms with Crippen molar-refractivity contribution in [1.29, 1.82) is 0 Å². The minimum absolute atomic E-state index is 0.181. The van der Waals surface area contributed by atoms with Crippen molar-refractivity contribution >= 4 is 17.6 Å². The number of para-hydroxylation sites is 1. The molecule has 0 bridgehead atoms. The van der Waals surface area contributed by atoms with Crippen LogP contribution in [0.25, 0.3) is 0 Å². The first-order valence-corrected chi connectivity index (χ1v) is 6.41. The maximum Gasteiger partial charge on any atom is 0.356 e. The van der Waals surface area contributed by atoms with Gasteiger partial charge in [-0.2, -0.15) is 0 Å². The number of amides is 1. The van der Waals surface area contributed by atoms with Gasteiger partial charge in [0.25, 0.3) is 5.91 Å². The van der Waals surface area contributed by atoms with Gasteiger partial charge in [0.15, 0.2) is 0 Å². The number of nitrogens with zero attached hydrogens (tertiary/aromatic N) is 1. The number of fused-ring (bicyclic) bond motifs is 1. The van der Waals surface area contributed by atoms with Crippen molar-refractivity contribution in [3.05, 3.63) is 59.4 Å². The van der Waals surface area contributed by atoms with Crippen LogP contribution in [0.15, 0.2) is 42.5 Å². The first-order valence-electron chi connectivity index (χ1n) is 6.41. The van der Waals surface area contributed by atoms with Gasteiger partial charge in [-0.3, -0.25) is 4.79 Å². The first-order chi connectivity index (χ1) is 10.2. The summed E-state index contributed by atoms with van der Waals surface area (Å²) in [6.45, 7) is 0. The highest BCUT2D eigenvalue weighted by molar-refractivity contribution is 6.01. The van der Waals surface area contributed by atoms with Crippen LogP contribution in [0.4, 0.5) is 5.69 Å². The highest BCUT2D eigenvalue weighted by Crippen LogP contribution is 2.25. The number of esters is 1. The Hall–Kier alpha value is -2.89. The number of hydrogen-bond donors (Lipinski definition) is 2. The van der Waals surface area contributed by atoms with Gasteiger partial charge in [-0.05, 0) is 24.3 Å². The number of nitrogens with one attached hydrogen (secondary N) is 2. The number of ether oxygens (including phenoxy) is 1. The average Bonchev–Trinajstić information content (AvgIpc) is 2.54. The van der Waals surface area contributed by atoms with Crippen molar-refractivity contribution in [2.75, 3.05) is 12.4 Å². The lowest BCUT2D eigenvalue weighted by atomic mass is 10.1. The maximum absolute atomic E-state index is 12.1. The number of anilines is 1. The van der Waals surface area contributed by atoms with E-state index in [-0.39, 0.29) is 11.6 Å². The van der Waals surface area contributed by atoms with E-state index in [2.05, 4.69) is 20.4 Å². The molecule has 6 nitrogen and oxygen atoms in total. The Balaban J connectivity index is 1.93. The lowest BCUT2D eigenvalue weighted by molar-refractivity contribution is 0.0593. The lowest BCUT2D eigenvalue weighted by Gasteiger charge is -2.27. The Bertz CT molecular complexity index is 715. The molecule has 1 atom stereocenters. The Morgan fingerprint density at radius 3 is 2.76 bits per heavy atom. The fourth-order valence-corrected chi connectivity index (χ4v) is 2.19. The van der Waals surface area contributed by atoms with E-state index in [0.29, 0.717) is 11.3 Å². The van der Waals surface area contributed by atoms with E-state index >= 15 is 0 Å². The predicted molar refractivity (Wildman–Crippen MR) is 75.8 cm³/mol. The van der Waals surface area contributed by atoms with Crippen LogP contribution in [0.5, 0.6) is 0 Å². The van der Waals surface area contributed by atoms with E-state index in [9.17, 15) is 9.59 Å². The summed E-state index contributed by atoms with van der Waals surface area (Å²) in [5.74, 6) is -0.695. The van der Waals surface area contributed by atoms with Crippen LogP contribution in [0, 0.1) is 0 Å². The van der Waals surface area contributed by atoms with Crippen molar-refractivity contribution in [2.45, 2.75) is 6.17 Å².